The van der Waals surface area contributed by atoms with Gasteiger partial charge in [0.15, 0.2) is 23.3 Å². The van der Waals surface area contributed by atoms with Gasteiger partial charge in [-0.15, -0.1) is 0 Å². The van der Waals surface area contributed by atoms with Gasteiger partial charge in [0.25, 0.3) is 0 Å². The van der Waals surface area contributed by atoms with Crippen molar-refractivity contribution in [2.45, 2.75) is 0 Å². The molecule has 3 rings (SSSR count). The summed E-state index contributed by atoms with van der Waals surface area (Å²) in [6.45, 7) is 0. The topological polar surface area (TPSA) is 12.9 Å². The van der Waals surface area contributed by atoms with E-state index in [9.17, 15) is 17.6 Å². The average molecular weight is 338 g/mol. The quantitative estimate of drug-likeness (QED) is 0.436. The van der Waals surface area contributed by atoms with E-state index in [2.05, 4.69) is 4.98 Å². The van der Waals surface area contributed by atoms with Gasteiger partial charge in [-0.25, -0.2) is 22.5 Å². The first kappa shape index (κ1) is 15.5. The van der Waals surface area contributed by atoms with E-state index < -0.39 is 23.3 Å². The maximum Gasteiger partial charge on any atom is 0.166 e. The first-order valence-corrected chi connectivity index (χ1v) is 6.91. The molecule has 0 amide bonds. The van der Waals surface area contributed by atoms with Crippen molar-refractivity contribution < 1.29 is 17.6 Å². The van der Waals surface area contributed by atoms with Crippen LogP contribution in [0.2, 0.25) is 5.15 Å². The lowest BCUT2D eigenvalue weighted by Crippen LogP contribution is -1.94. The van der Waals surface area contributed by atoms with Gasteiger partial charge < -0.3 is 0 Å². The van der Waals surface area contributed by atoms with Crippen LogP contribution in [0.15, 0.2) is 48.7 Å². The van der Waals surface area contributed by atoms with Crippen molar-refractivity contribution >= 4 is 11.6 Å². The third-order valence-corrected chi connectivity index (χ3v) is 3.64. The van der Waals surface area contributed by atoms with E-state index in [1.807, 2.05) is 0 Å². The van der Waals surface area contributed by atoms with Gasteiger partial charge in [0.2, 0.25) is 0 Å². The van der Waals surface area contributed by atoms with Crippen molar-refractivity contribution in [3.05, 3.63) is 77.1 Å². The number of nitrogens with zero attached hydrogens (tertiary/aromatic N) is 1. The fraction of sp³-hybridized carbons (Fsp3) is 0. The second-order valence-corrected chi connectivity index (χ2v) is 5.12. The summed E-state index contributed by atoms with van der Waals surface area (Å²) in [5, 5.41) is -0.0740. The van der Waals surface area contributed by atoms with Crippen LogP contribution >= 0.6 is 11.6 Å². The van der Waals surface area contributed by atoms with Gasteiger partial charge in [0.1, 0.15) is 5.15 Å². The largest absolute Gasteiger partial charge is 0.243 e. The second kappa shape index (κ2) is 6.01. The Morgan fingerprint density at radius 1 is 0.739 bits per heavy atom. The van der Waals surface area contributed by atoms with Gasteiger partial charge in [0.05, 0.1) is 0 Å². The van der Waals surface area contributed by atoms with Crippen molar-refractivity contribution in [2.75, 3.05) is 0 Å². The van der Waals surface area contributed by atoms with Gasteiger partial charge in [-0.05, 0) is 18.2 Å². The number of halogens is 5. The van der Waals surface area contributed by atoms with Crippen LogP contribution in [-0.4, -0.2) is 4.98 Å². The van der Waals surface area contributed by atoms with Crippen LogP contribution in [0.5, 0.6) is 0 Å². The molecule has 0 saturated heterocycles. The third kappa shape index (κ3) is 2.80. The highest BCUT2D eigenvalue weighted by atomic mass is 35.5. The van der Waals surface area contributed by atoms with E-state index in [4.69, 9.17) is 11.6 Å². The standard InChI is InChI=1S/C17H8ClF4N/c18-17-12(11-4-2-6-14(20)16(11)22)7-9(8-23-17)10-3-1-5-13(19)15(10)21/h1-8H. The van der Waals surface area contributed by atoms with Crippen LogP contribution in [0.1, 0.15) is 0 Å². The molecule has 3 aromatic rings. The summed E-state index contributed by atoms with van der Waals surface area (Å²) >= 11 is 5.95. The Morgan fingerprint density at radius 2 is 1.30 bits per heavy atom. The first-order chi connectivity index (χ1) is 11.0. The fourth-order valence-corrected chi connectivity index (χ4v) is 2.43. The molecule has 0 aliphatic heterocycles. The summed E-state index contributed by atoms with van der Waals surface area (Å²) in [5.41, 5.74) is 0.128. The van der Waals surface area contributed by atoms with Gasteiger partial charge in [-0.2, -0.15) is 0 Å². The van der Waals surface area contributed by atoms with Crippen molar-refractivity contribution in [2.24, 2.45) is 0 Å². The average Bonchev–Trinajstić information content (AvgIpc) is 2.54. The lowest BCUT2D eigenvalue weighted by Gasteiger charge is -2.09. The van der Waals surface area contributed by atoms with Gasteiger partial charge >= 0.3 is 0 Å². The minimum absolute atomic E-state index is 0.0489. The molecule has 0 fully saturated rings. The summed E-state index contributed by atoms with van der Waals surface area (Å²) in [7, 11) is 0. The zero-order chi connectivity index (χ0) is 16.6. The number of hydrogen-bond donors (Lipinski definition) is 0. The smallest absolute Gasteiger partial charge is 0.166 e. The number of pyridine rings is 1. The maximum absolute atomic E-state index is 13.9. The van der Waals surface area contributed by atoms with Crippen LogP contribution in [0, 0.1) is 23.3 Å². The molecular formula is C17H8ClF4N. The maximum atomic E-state index is 13.9. The Labute approximate surface area is 134 Å². The van der Waals surface area contributed by atoms with Crippen molar-refractivity contribution in [3.63, 3.8) is 0 Å². The molecule has 23 heavy (non-hydrogen) atoms. The van der Waals surface area contributed by atoms with Gasteiger partial charge in [-0.1, -0.05) is 35.9 Å². The predicted molar refractivity (Wildman–Crippen MR) is 80.0 cm³/mol. The molecule has 0 saturated carbocycles. The van der Waals surface area contributed by atoms with Crippen molar-refractivity contribution in [1.82, 2.24) is 4.98 Å². The zero-order valence-electron chi connectivity index (χ0n) is 11.5. The molecule has 0 spiro atoms. The summed E-state index contributed by atoms with van der Waals surface area (Å²) in [4.78, 5) is 3.86. The number of benzene rings is 2. The molecule has 1 aromatic heterocycles. The SMILES string of the molecule is Fc1cccc(-c2cnc(Cl)c(-c3cccc(F)c3F)c2)c1F. The Balaban J connectivity index is 2.21. The van der Waals surface area contributed by atoms with E-state index in [1.165, 1.54) is 36.5 Å². The van der Waals surface area contributed by atoms with Crippen molar-refractivity contribution in [1.29, 1.82) is 0 Å². The number of hydrogen-bond acceptors (Lipinski definition) is 1. The first-order valence-electron chi connectivity index (χ1n) is 6.53. The van der Waals surface area contributed by atoms with Crippen LogP contribution in [0.4, 0.5) is 17.6 Å². The molecule has 2 aromatic carbocycles. The third-order valence-electron chi connectivity index (χ3n) is 3.34. The molecule has 116 valence electrons. The second-order valence-electron chi connectivity index (χ2n) is 4.77. The Kier molecular flexibility index (Phi) is 4.05. The molecule has 1 heterocycles. The summed E-state index contributed by atoms with van der Waals surface area (Å²) < 4.78 is 54.6. The van der Waals surface area contributed by atoms with E-state index in [0.29, 0.717) is 0 Å². The van der Waals surface area contributed by atoms with Crippen molar-refractivity contribution in [3.8, 4) is 22.3 Å². The van der Waals surface area contributed by atoms with E-state index in [1.54, 1.807) is 0 Å². The highest BCUT2D eigenvalue weighted by Gasteiger charge is 2.16. The highest BCUT2D eigenvalue weighted by molar-refractivity contribution is 6.32. The minimum Gasteiger partial charge on any atom is -0.243 e. The molecule has 1 nitrogen and oxygen atoms in total. The number of aromatic nitrogens is 1. The van der Waals surface area contributed by atoms with E-state index in [-0.39, 0.29) is 27.4 Å². The monoisotopic (exact) mass is 337 g/mol. The fourth-order valence-electron chi connectivity index (χ4n) is 2.22. The lowest BCUT2D eigenvalue weighted by atomic mass is 10.0. The Morgan fingerprint density at radius 3 is 1.96 bits per heavy atom. The Bertz CT molecular complexity index is 896. The van der Waals surface area contributed by atoms with Gasteiger partial charge in [0, 0.05) is 28.5 Å². The Hall–Kier alpha value is -2.40. The molecular weight excluding hydrogens is 330 g/mol. The molecule has 0 aliphatic carbocycles. The van der Waals surface area contributed by atoms with Crippen LogP contribution < -0.4 is 0 Å². The molecule has 0 radical (unpaired) electrons. The normalized spacial score (nSPS) is 10.8. The molecule has 0 atom stereocenters. The van der Waals surface area contributed by atoms with E-state index >= 15 is 0 Å². The zero-order valence-corrected chi connectivity index (χ0v) is 12.2. The summed E-state index contributed by atoms with van der Waals surface area (Å²) in [6, 6.07) is 8.63. The molecule has 6 heteroatoms. The minimum atomic E-state index is -1.09. The molecule has 0 unspecified atom stereocenters. The van der Waals surface area contributed by atoms with Crippen LogP contribution in [0.3, 0.4) is 0 Å². The van der Waals surface area contributed by atoms with Crippen LogP contribution in [-0.2, 0) is 0 Å². The highest BCUT2D eigenvalue weighted by Crippen LogP contribution is 2.34. The summed E-state index contributed by atoms with van der Waals surface area (Å²) in [5.74, 6) is -4.20. The molecule has 0 bridgehead atoms. The van der Waals surface area contributed by atoms with Gasteiger partial charge in [-0.3, -0.25) is 0 Å². The molecule has 0 N–H and O–H groups in total. The summed E-state index contributed by atoms with van der Waals surface area (Å²) in [6.07, 6.45) is 1.24. The van der Waals surface area contributed by atoms with Crippen LogP contribution in [0.25, 0.3) is 22.3 Å². The number of rotatable bonds is 2. The predicted octanol–water partition coefficient (Wildman–Crippen LogP) is 5.63. The van der Waals surface area contributed by atoms with E-state index in [0.717, 1.165) is 12.1 Å². The lowest BCUT2D eigenvalue weighted by molar-refractivity contribution is 0.511. The molecule has 0 aliphatic rings.